The summed E-state index contributed by atoms with van der Waals surface area (Å²) in [6, 6.07) is 0. The summed E-state index contributed by atoms with van der Waals surface area (Å²) in [5.74, 6) is 5.29. The van der Waals surface area contributed by atoms with Crippen molar-refractivity contribution in [1.29, 1.82) is 0 Å². The molecule has 0 fully saturated rings. The lowest BCUT2D eigenvalue weighted by Gasteiger charge is -2.00. The third kappa shape index (κ3) is 2.84. The lowest BCUT2D eigenvalue weighted by Crippen LogP contribution is -2.30. The number of hydrazine groups is 1. The molecule has 0 unspecified atom stereocenters. The summed E-state index contributed by atoms with van der Waals surface area (Å²) in [6.07, 6.45) is 3.18. The first-order valence-electron chi connectivity index (χ1n) is 5.08. The third-order valence-electron chi connectivity index (χ3n) is 2.12. The number of hydrogen-bond acceptors (Lipinski definition) is 7. The van der Waals surface area contributed by atoms with Crippen molar-refractivity contribution in [2.45, 2.75) is 11.7 Å². The van der Waals surface area contributed by atoms with Crippen molar-refractivity contribution >= 4 is 17.7 Å². The van der Waals surface area contributed by atoms with Gasteiger partial charge in [-0.3, -0.25) is 14.9 Å². The molecule has 2 heterocycles. The number of aromatic nitrogens is 6. The van der Waals surface area contributed by atoms with Gasteiger partial charge in [-0.15, -0.1) is 15.3 Å². The molecule has 0 aliphatic carbocycles. The van der Waals surface area contributed by atoms with E-state index >= 15 is 0 Å². The van der Waals surface area contributed by atoms with E-state index in [0.29, 0.717) is 6.54 Å². The lowest BCUT2D eigenvalue weighted by atomic mass is 10.5. The van der Waals surface area contributed by atoms with Crippen LogP contribution in [0.1, 0.15) is 10.5 Å². The number of nitrogens with zero attached hydrogens (tertiary/aromatic N) is 6. The molecular weight excluding hydrogens is 256 g/mol. The van der Waals surface area contributed by atoms with Crippen molar-refractivity contribution < 1.29 is 4.79 Å². The van der Waals surface area contributed by atoms with E-state index in [1.807, 2.05) is 17.0 Å². The van der Waals surface area contributed by atoms with Gasteiger partial charge in [0.25, 0.3) is 5.91 Å². The van der Waals surface area contributed by atoms with Crippen LogP contribution < -0.4 is 11.3 Å². The zero-order valence-corrected chi connectivity index (χ0v) is 10.5. The Bertz CT molecular complexity index is 535. The molecule has 2 aromatic rings. The zero-order valence-electron chi connectivity index (χ0n) is 9.65. The minimum atomic E-state index is -0.456. The van der Waals surface area contributed by atoms with Crippen LogP contribution in [0, 0.1) is 0 Å². The van der Waals surface area contributed by atoms with Gasteiger partial charge in [-0.25, -0.2) is 5.84 Å². The maximum Gasteiger partial charge on any atom is 0.287 e. The standard InChI is InChI=1S/C8H12N8OS/c1-15-5-10-13-8(15)18-3-2-16-4-6(12-14-16)7(17)11-9/h4-5H,2-3,9H2,1H3,(H,11,17). The highest BCUT2D eigenvalue weighted by atomic mass is 32.2. The molecule has 0 aromatic carbocycles. The zero-order chi connectivity index (χ0) is 13.0. The van der Waals surface area contributed by atoms with E-state index < -0.39 is 5.91 Å². The Kier molecular flexibility index (Phi) is 3.89. The Labute approximate surface area is 107 Å². The van der Waals surface area contributed by atoms with Gasteiger partial charge in [-0.05, 0) is 0 Å². The fourth-order valence-corrected chi connectivity index (χ4v) is 2.04. The smallest absolute Gasteiger partial charge is 0.287 e. The molecule has 2 rings (SSSR count). The predicted molar refractivity (Wildman–Crippen MR) is 63.4 cm³/mol. The van der Waals surface area contributed by atoms with Gasteiger partial charge in [-0.1, -0.05) is 17.0 Å². The van der Waals surface area contributed by atoms with Crippen molar-refractivity contribution in [3.05, 3.63) is 18.2 Å². The number of carbonyl (C=O) groups excluding carboxylic acids is 1. The Balaban J connectivity index is 1.85. The minimum absolute atomic E-state index is 0.196. The summed E-state index contributed by atoms with van der Waals surface area (Å²) in [5, 5.41) is 16.1. The molecule has 0 saturated heterocycles. The minimum Gasteiger partial charge on any atom is -0.312 e. The average Bonchev–Trinajstić information content (AvgIpc) is 2.99. The van der Waals surface area contributed by atoms with Crippen LogP contribution in [-0.2, 0) is 13.6 Å². The highest BCUT2D eigenvalue weighted by Gasteiger charge is 2.09. The number of nitrogens with two attached hydrogens (primary N) is 1. The monoisotopic (exact) mass is 268 g/mol. The molecule has 0 radical (unpaired) electrons. The van der Waals surface area contributed by atoms with Gasteiger partial charge in [-0.2, -0.15) is 0 Å². The molecule has 0 aliphatic rings. The van der Waals surface area contributed by atoms with E-state index in [4.69, 9.17) is 5.84 Å². The van der Waals surface area contributed by atoms with Crippen molar-refractivity contribution in [1.82, 2.24) is 35.2 Å². The van der Waals surface area contributed by atoms with E-state index in [1.54, 1.807) is 29.0 Å². The molecule has 96 valence electrons. The Morgan fingerprint density at radius 2 is 2.39 bits per heavy atom. The largest absolute Gasteiger partial charge is 0.312 e. The quantitative estimate of drug-likeness (QED) is 0.303. The first kappa shape index (κ1) is 12.5. The normalized spacial score (nSPS) is 10.6. The van der Waals surface area contributed by atoms with Crippen LogP contribution in [-0.4, -0.2) is 41.4 Å². The van der Waals surface area contributed by atoms with Crippen molar-refractivity contribution in [3.8, 4) is 0 Å². The SMILES string of the molecule is Cn1cnnc1SCCn1cc(C(=O)NN)nn1. The highest BCUT2D eigenvalue weighted by molar-refractivity contribution is 7.99. The fraction of sp³-hybridized carbons (Fsp3) is 0.375. The van der Waals surface area contributed by atoms with Crippen LogP contribution in [0.4, 0.5) is 0 Å². The molecule has 0 atom stereocenters. The number of aryl methyl sites for hydroxylation is 2. The van der Waals surface area contributed by atoms with Crippen LogP contribution in [0.5, 0.6) is 0 Å². The number of rotatable bonds is 5. The number of thioether (sulfide) groups is 1. The van der Waals surface area contributed by atoms with Gasteiger partial charge in [0.2, 0.25) is 0 Å². The summed E-state index contributed by atoms with van der Waals surface area (Å²) >= 11 is 1.55. The molecule has 0 aliphatic heterocycles. The predicted octanol–water partition coefficient (Wildman–Crippen LogP) is -1.20. The molecule has 0 bridgehead atoms. The van der Waals surface area contributed by atoms with E-state index in [9.17, 15) is 4.79 Å². The molecule has 2 aromatic heterocycles. The first-order chi connectivity index (χ1) is 8.70. The highest BCUT2D eigenvalue weighted by Crippen LogP contribution is 2.13. The Morgan fingerprint density at radius 3 is 3.06 bits per heavy atom. The van der Waals surface area contributed by atoms with Gasteiger partial charge in [0.15, 0.2) is 10.9 Å². The van der Waals surface area contributed by atoms with E-state index in [-0.39, 0.29) is 5.69 Å². The van der Waals surface area contributed by atoms with Gasteiger partial charge < -0.3 is 4.57 Å². The Hall–Kier alpha value is -1.94. The number of amides is 1. The van der Waals surface area contributed by atoms with E-state index in [1.165, 1.54) is 0 Å². The van der Waals surface area contributed by atoms with Crippen LogP contribution in [0.3, 0.4) is 0 Å². The summed E-state index contributed by atoms with van der Waals surface area (Å²) < 4.78 is 3.41. The van der Waals surface area contributed by atoms with Crippen molar-refractivity contribution in [2.24, 2.45) is 12.9 Å². The molecule has 0 spiro atoms. The van der Waals surface area contributed by atoms with Crippen LogP contribution >= 0.6 is 11.8 Å². The topological polar surface area (TPSA) is 117 Å². The maximum absolute atomic E-state index is 11.2. The lowest BCUT2D eigenvalue weighted by molar-refractivity contribution is 0.0948. The number of carbonyl (C=O) groups is 1. The van der Waals surface area contributed by atoms with Gasteiger partial charge in [0.05, 0.1) is 12.7 Å². The fourth-order valence-electron chi connectivity index (χ4n) is 1.22. The molecule has 9 nitrogen and oxygen atoms in total. The number of nitrogen functional groups attached to an aromatic ring is 1. The van der Waals surface area contributed by atoms with E-state index in [2.05, 4.69) is 20.5 Å². The second-order valence-electron chi connectivity index (χ2n) is 3.41. The van der Waals surface area contributed by atoms with Crippen LogP contribution in [0.25, 0.3) is 0 Å². The molecular formula is C8H12N8OS. The van der Waals surface area contributed by atoms with Gasteiger partial charge >= 0.3 is 0 Å². The van der Waals surface area contributed by atoms with Crippen molar-refractivity contribution in [2.75, 3.05) is 5.75 Å². The van der Waals surface area contributed by atoms with Gasteiger partial charge in [0, 0.05) is 12.8 Å². The number of hydrogen-bond donors (Lipinski definition) is 2. The third-order valence-corrected chi connectivity index (χ3v) is 3.14. The average molecular weight is 268 g/mol. The van der Waals surface area contributed by atoms with Gasteiger partial charge in [0.1, 0.15) is 6.33 Å². The van der Waals surface area contributed by atoms with Crippen LogP contribution in [0.2, 0.25) is 0 Å². The second-order valence-corrected chi connectivity index (χ2v) is 4.48. The second kappa shape index (κ2) is 5.60. The summed E-state index contributed by atoms with van der Waals surface area (Å²) in [5.41, 5.74) is 2.19. The molecule has 18 heavy (non-hydrogen) atoms. The molecule has 0 saturated carbocycles. The first-order valence-corrected chi connectivity index (χ1v) is 6.07. The molecule has 10 heteroatoms. The molecule has 1 amide bonds. The maximum atomic E-state index is 11.2. The van der Waals surface area contributed by atoms with Crippen molar-refractivity contribution in [3.63, 3.8) is 0 Å². The van der Waals surface area contributed by atoms with Crippen LogP contribution in [0.15, 0.2) is 17.7 Å². The summed E-state index contributed by atoms with van der Waals surface area (Å²) in [7, 11) is 1.88. The summed E-state index contributed by atoms with van der Waals surface area (Å²) in [4.78, 5) is 11.2. The summed E-state index contributed by atoms with van der Waals surface area (Å²) in [6.45, 7) is 0.613. The molecule has 3 N–H and O–H groups in total. The van der Waals surface area contributed by atoms with E-state index in [0.717, 1.165) is 10.9 Å². The Morgan fingerprint density at radius 1 is 1.56 bits per heavy atom. The number of nitrogens with one attached hydrogen (secondary N) is 1.